The second-order valence-corrected chi connectivity index (χ2v) is 8.77. The summed E-state index contributed by atoms with van der Waals surface area (Å²) in [4.78, 5) is 23.0. The minimum absolute atomic E-state index is 0.0501. The molecule has 0 aromatic heterocycles. The lowest BCUT2D eigenvalue weighted by Crippen LogP contribution is -2.48. The molecule has 1 aliphatic heterocycles. The smallest absolute Gasteiger partial charge is 0.333 e. The first-order valence-corrected chi connectivity index (χ1v) is 9.66. The summed E-state index contributed by atoms with van der Waals surface area (Å²) in [6, 6.07) is 0. The van der Waals surface area contributed by atoms with E-state index in [1.165, 1.54) is 6.92 Å². The van der Waals surface area contributed by atoms with E-state index < -0.39 is 39.0 Å². The van der Waals surface area contributed by atoms with Gasteiger partial charge in [-0.3, -0.25) is 4.18 Å². The third-order valence-corrected chi connectivity index (χ3v) is 7.11. The molecule has 1 saturated heterocycles. The molecule has 140 valence electrons. The molecular formula is C16H22O8S. The molecule has 5 unspecified atom stereocenters. The molecule has 0 amide bonds. The number of hydrogen-bond donors (Lipinski definition) is 0. The van der Waals surface area contributed by atoms with Crippen LogP contribution in [0, 0.1) is 11.8 Å². The van der Waals surface area contributed by atoms with E-state index in [1.54, 1.807) is 6.92 Å². The van der Waals surface area contributed by atoms with Crippen molar-refractivity contribution in [3.8, 4) is 0 Å². The van der Waals surface area contributed by atoms with Crippen molar-refractivity contribution in [1.29, 1.82) is 0 Å². The van der Waals surface area contributed by atoms with Crippen LogP contribution in [0.1, 0.15) is 26.7 Å². The van der Waals surface area contributed by atoms with E-state index in [-0.39, 0.29) is 37.2 Å². The lowest BCUT2D eigenvalue weighted by molar-refractivity contribution is -0.168. The van der Waals surface area contributed by atoms with Gasteiger partial charge in [-0.15, -0.1) is 0 Å². The highest BCUT2D eigenvalue weighted by molar-refractivity contribution is 7.87. The summed E-state index contributed by atoms with van der Waals surface area (Å²) in [6.45, 7) is 6.30. The molecule has 9 heteroatoms. The van der Waals surface area contributed by atoms with Crippen LogP contribution in [0.5, 0.6) is 0 Å². The van der Waals surface area contributed by atoms with E-state index in [0.29, 0.717) is 6.42 Å². The van der Waals surface area contributed by atoms with E-state index >= 15 is 0 Å². The standard InChI is InChI=1S/C16H22O8S/c1-9(2)15(18)22-5-4-21-13(17)8-23-16(3)10-6-11-12(7-10)25(19,20)24-14(11)16/h10-12,14H,1,4-8H2,2-3H3. The number of ether oxygens (including phenoxy) is 3. The number of esters is 2. The number of rotatable bonds is 7. The third kappa shape index (κ3) is 3.20. The Morgan fingerprint density at radius 2 is 1.92 bits per heavy atom. The van der Waals surface area contributed by atoms with Gasteiger partial charge in [0.1, 0.15) is 25.9 Å². The van der Waals surface area contributed by atoms with Crippen LogP contribution in [0.4, 0.5) is 0 Å². The summed E-state index contributed by atoms with van der Waals surface area (Å²) < 4.78 is 44.7. The molecule has 5 atom stereocenters. The largest absolute Gasteiger partial charge is 0.460 e. The lowest BCUT2D eigenvalue weighted by Gasteiger charge is -2.36. The van der Waals surface area contributed by atoms with Crippen LogP contribution in [-0.4, -0.2) is 57.1 Å². The van der Waals surface area contributed by atoms with Crippen molar-refractivity contribution in [2.45, 2.75) is 43.6 Å². The van der Waals surface area contributed by atoms with Crippen molar-refractivity contribution in [3.05, 3.63) is 12.2 Å². The van der Waals surface area contributed by atoms with Crippen LogP contribution in [0.3, 0.4) is 0 Å². The predicted molar refractivity (Wildman–Crippen MR) is 84.9 cm³/mol. The highest BCUT2D eigenvalue weighted by atomic mass is 32.2. The van der Waals surface area contributed by atoms with E-state index in [4.69, 9.17) is 18.4 Å². The maximum absolute atomic E-state index is 12.0. The van der Waals surface area contributed by atoms with Crippen LogP contribution in [0.15, 0.2) is 12.2 Å². The monoisotopic (exact) mass is 374 g/mol. The molecule has 2 aliphatic carbocycles. The van der Waals surface area contributed by atoms with Gasteiger partial charge in [-0.05, 0) is 32.6 Å². The van der Waals surface area contributed by atoms with Gasteiger partial charge in [-0.1, -0.05) is 6.58 Å². The summed E-state index contributed by atoms with van der Waals surface area (Å²) in [6.07, 6.45) is 0.702. The minimum atomic E-state index is -3.53. The molecule has 2 bridgehead atoms. The Hall–Kier alpha value is -1.45. The fourth-order valence-corrected chi connectivity index (χ4v) is 5.97. The maximum atomic E-state index is 12.0. The van der Waals surface area contributed by atoms with Gasteiger partial charge in [0.2, 0.25) is 0 Å². The highest BCUT2D eigenvalue weighted by Crippen LogP contribution is 2.60. The first-order valence-electron chi connectivity index (χ1n) is 8.19. The molecule has 0 spiro atoms. The first kappa shape index (κ1) is 18.3. The van der Waals surface area contributed by atoms with Gasteiger partial charge >= 0.3 is 11.9 Å². The Morgan fingerprint density at radius 1 is 1.24 bits per heavy atom. The number of fused-ring (bicyclic) bond motifs is 1. The van der Waals surface area contributed by atoms with E-state index in [0.717, 1.165) is 6.42 Å². The van der Waals surface area contributed by atoms with Crippen molar-refractivity contribution in [2.24, 2.45) is 11.8 Å². The second-order valence-electron chi connectivity index (χ2n) is 6.99. The Bertz CT molecular complexity index is 699. The Labute approximate surface area is 146 Å². The second kappa shape index (κ2) is 6.37. The summed E-state index contributed by atoms with van der Waals surface area (Å²) in [5.74, 6) is -1.16. The van der Waals surface area contributed by atoms with Gasteiger partial charge in [0.15, 0.2) is 0 Å². The Balaban J connectivity index is 1.45. The lowest BCUT2D eigenvalue weighted by atomic mass is 9.83. The van der Waals surface area contributed by atoms with Gasteiger partial charge in [-0.25, -0.2) is 9.59 Å². The zero-order valence-corrected chi connectivity index (χ0v) is 15.0. The van der Waals surface area contributed by atoms with E-state index in [2.05, 4.69) is 6.58 Å². The molecule has 1 heterocycles. The minimum Gasteiger partial charge on any atom is -0.460 e. The average molecular weight is 374 g/mol. The quantitative estimate of drug-likeness (QED) is 0.275. The molecule has 25 heavy (non-hydrogen) atoms. The first-order chi connectivity index (χ1) is 11.6. The van der Waals surface area contributed by atoms with Crippen molar-refractivity contribution < 1.29 is 36.4 Å². The zero-order valence-electron chi connectivity index (χ0n) is 14.2. The third-order valence-electron chi connectivity index (χ3n) is 5.35. The fourth-order valence-electron chi connectivity index (χ4n) is 4.06. The van der Waals surface area contributed by atoms with Crippen molar-refractivity contribution in [3.63, 3.8) is 0 Å². The maximum Gasteiger partial charge on any atom is 0.333 e. The van der Waals surface area contributed by atoms with E-state index in [9.17, 15) is 18.0 Å². The van der Waals surface area contributed by atoms with E-state index in [1.807, 2.05) is 0 Å². The fraction of sp³-hybridized carbons (Fsp3) is 0.750. The predicted octanol–water partition coefficient (Wildman–Crippen LogP) is 0.561. The topological polar surface area (TPSA) is 105 Å². The number of carbonyl (C=O) groups is 2. The molecule has 3 fully saturated rings. The summed E-state index contributed by atoms with van der Waals surface area (Å²) in [5, 5.41) is -0.436. The van der Waals surface area contributed by atoms with Gasteiger partial charge in [-0.2, -0.15) is 8.42 Å². The average Bonchev–Trinajstić information content (AvgIpc) is 3.14. The summed E-state index contributed by atoms with van der Waals surface area (Å²) in [5.41, 5.74) is -0.542. The van der Waals surface area contributed by atoms with Crippen LogP contribution < -0.4 is 0 Å². The number of carbonyl (C=O) groups excluding carboxylic acids is 2. The van der Waals surface area contributed by atoms with Gasteiger partial charge < -0.3 is 14.2 Å². The van der Waals surface area contributed by atoms with Crippen LogP contribution in [0.25, 0.3) is 0 Å². The Kier molecular flexibility index (Phi) is 4.67. The van der Waals surface area contributed by atoms with Gasteiger partial charge in [0, 0.05) is 11.5 Å². The van der Waals surface area contributed by atoms with Crippen LogP contribution >= 0.6 is 0 Å². The molecule has 2 saturated carbocycles. The molecule has 3 rings (SSSR count). The zero-order chi connectivity index (χ0) is 18.4. The molecule has 8 nitrogen and oxygen atoms in total. The molecule has 0 radical (unpaired) electrons. The normalized spacial score (nSPS) is 37.0. The molecule has 0 aromatic carbocycles. The van der Waals surface area contributed by atoms with Gasteiger partial charge in [0.25, 0.3) is 10.1 Å². The van der Waals surface area contributed by atoms with Crippen LogP contribution in [0.2, 0.25) is 0 Å². The van der Waals surface area contributed by atoms with Crippen molar-refractivity contribution in [1.82, 2.24) is 0 Å². The Morgan fingerprint density at radius 3 is 2.60 bits per heavy atom. The molecule has 0 aromatic rings. The summed E-state index contributed by atoms with van der Waals surface area (Å²) in [7, 11) is -3.53. The molecular weight excluding hydrogens is 352 g/mol. The molecule has 0 N–H and O–H groups in total. The highest BCUT2D eigenvalue weighted by Gasteiger charge is 2.69. The number of hydrogen-bond acceptors (Lipinski definition) is 8. The molecule has 3 aliphatic rings. The van der Waals surface area contributed by atoms with Crippen LogP contribution in [-0.2, 0) is 38.1 Å². The van der Waals surface area contributed by atoms with Crippen molar-refractivity contribution >= 4 is 22.1 Å². The van der Waals surface area contributed by atoms with Crippen molar-refractivity contribution in [2.75, 3.05) is 19.8 Å². The SMILES string of the molecule is C=C(C)C(=O)OCCOC(=O)COC1(C)C2CC3C1OS(=O)(=O)C3C2. The van der Waals surface area contributed by atoms with Gasteiger partial charge in [0.05, 0.1) is 10.9 Å². The summed E-state index contributed by atoms with van der Waals surface area (Å²) >= 11 is 0.